The fraction of sp³-hybridized carbons (Fsp3) is 0. The van der Waals surface area contributed by atoms with Gasteiger partial charge in [0.25, 0.3) is 0 Å². The van der Waals surface area contributed by atoms with Gasteiger partial charge in [0, 0.05) is 0 Å². The summed E-state index contributed by atoms with van der Waals surface area (Å²) >= 11 is 0. The summed E-state index contributed by atoms with van der Waals surface area (Å²) in [5.74, 6) is -0.398. The monoisotopic (exact) mass is 151 g/mol. The van der Waals surface area contributed by atoms with E-state index < -0.39 is 10.9 Å². The number of rotatable bonds is 0. The highest BCUT2D eigenvalue weighted by atomic mass is 16.6. The van der Waals surface area contributed by atoms with Crippen molar-refractivity contribution in [3.8, 4) is 0 Å². The van der Waals surface area contributed by atoms with E-state index in [4.69, 9.17) is 0 Å². The normalized spacial score (nSPS) is 15.5. The zero-order chi connectivity index (χ0) is 8.10. The summed E-state index contributed by atoms with van der Waals surface area (Å²) in [5, 5.41) is 10.1. The van der Waals surface area contributed by atoms with Crippen molar-refractivity contribution in [1.29, 1.82) is 0 Å². The highest BCUT2D eigenvalue weighted by Crippen LogP contribution is 1.89. The highest BCUT2D eigenvalue weighted by Gasteiger charge is 2.06. The maximum Gasteiger partial charge on any atom is 0.468 e. The van der Waals surface area contributed by atoms with Gasteiger partial charge in [-0.1, -0.05) is 16.1 Å². The van der Waals surface area contributed by atoms with Crippen LogP contribution >= 0.6 is 0 Å². The Labute approximate surface area is 62.6 Å². The van der Waals surface area contributed by atoms with Crippen molar-refractivity contribution in [2.45, 2.75) is 0 Å². The van der Waals surface area contributed by atoms with Crippen LogP contribution in [0.5, 0.6) is 0 Å². The zero-order valence-electron chi connectivity index (χ0n) is 5.54. The molecule has 11 heavy (non-hydrogen) atoms. The minimum Gasteiger partial charge on any atom is -0.390 e. The summed E-state index contributed by atoms with van der Waals surface area (Å²) in [7, 11) is 0. The molecule has 0 aromatic heterocycles. The molecule has 1 rings (SSSR count). The van der Waals surface area contributed by atoms with E-state index in [1.807, 2.05) is 0 Å². The van der Waals surface area contributed by atoms with E-state index in [1.54, 1.807) is 18.2 Å². The van der Waals surface area contributed by atoms with E-state index in [-0.39, 0.29) is 0 Å². The van der Waals surface area contributed by atoms with Gasteiger partial charge in [-0.2, -0.15) is 0 Å². The van der Waals surface area contributed by atoms with Crippen LogP contribution < -0.4 is 0 Å². The van der Waals surface area contributed by atoms with Gasteiger partial charge < -0.3 is 10.1 Å². The molecule has 0 radical (unpaired) electrons. The van der Waals surface area contributed by atoms with E-state index in [0.717, 1.165) is 0 Å². The van der Waals surface area contributed by atoms with Crippen molar-refractivity contribution in [2.24, 2.45) is 9.98 Å². The Hall–Kier alpha value is -1.78. The van der Waals surface area contributed by atoms with Gasteiger partial charge in [0.1, 0.15) is 12.4 Å². The highest BCUT2D eigenvalue weighted by molar-refractivity contribution is 5.87. The molecule has 0 saturated carbocycles. The average Bonchev–Trinajstić information content (AvgIpc) is 1.84. The van der Waals surface area contributed by atoms with Gasteiger partial charge >= 0.3 is 5.96 Å². The SMILES string of the molecule is O=[N+]([O-])C1=NC=CC=CC=N1. The molecule has 0 saturated heterocycles. The van der Waals surface area contributed by atoms with E-state index in [9.17, 15) is 10.1 Å². The standard InChI is InChI=1S/C6H5N3O2/c10-9(11)6-7-4-2-1-3-5-8-6/h1-5H. The first kappa shape index (κ1) is 7.33. The topological polar surface area (TPSA) is 67.9 Å². The minimum absolute atomic E-state index is 0.398. The Morgan fingerprint density at radius 1 is 1.36 bits per heavy atom. The lowest BCUT2D eigenvalue weighted by Gasteiger charge is -1.89. The van der Waals surface area contributed by atoms with Crippen LogP contribution in [0.4, 0.5) is 0 Å². The van der Waals surface area contributed by atoms with Crippen LogP contribution in [-0.2, 0) is 0 Å². The average molecular weight is 151 g/mol. The van der Waals surface area contributed by atoms with E-state index in [2.05, 4.69) is 9.98 Å². The molecule has 0 atom stereocenters. The molecule has 1 aliphatic rings. The second kappa shape index (κ2) is 3.40. The third-order valence-electron chi connectivity index (χ3n) is 0.938. The number of guanidine groups is 1. The summed E-state index contributed by atoms with van der Waals surface area (Å²) in [5.41, 5.74) is 0. The van der Waals surface area contributed by atoms with Crippen LogP contribution in [0.25, 0.3) is 0 Å². The molecule has 0 aromatic carbocycles. The molecule has 0 unspecified atom stereocenters. The lowest BCUT2D eigenvalue weighted by Crippen LogP contribution is -2.08. The van der Waals surface area contributed by atoms with Gasteiger partial charge in [-0.25, -0.2) is 0 Å². The molecule has 56 valence electrons. The van der Waals surface area contributed by atoms with Crippen LogP contribution in [-0.4, -0.2) is 17.1 Å². The van der Waals surface area contributed by atoms with Crippen molar-refractivity contribution < 1.29 is 4.92 Å². The van der Waals surface area contributed by atoms with Crippen molar-refractivity contribution in [2.75, 3.05) is 0 Å². The molecule has 0 bridgehead atoms. The molecule has 0 N–H and O–H groups in total. The Morgan fingerprint density at radius 3 is 2.91 bits per heavy atom. The Morgan fingerprint density at radius 2 is 2.18 bits per heavy atom. The van der Waals surface area contributed by atoms with Crippen molar-refractivity contribution >= 4 is 12.2 Å². The second-order valence-corrected chi connectivity index (χ2v) is 1.69. The van der Waals surface area contributed by atoms with Crippen molar-refractivity contribution in [1.82, 2.24) is 0 Å². The van der Waals surface area contributed by atoms with Gasteiger partial charge in [0.15, 0.2) is 0 Å². The summed E-state index contributed by atoms with van der Waals surface area (Å²) in [4.78, 5) is 16.4. The van der Waals surface area contributed by atoms with Crippen LogP contribution in [0.2, 0.25) is 0 Å². The Bertz CT molecular complexity index is 276. The van der Waals surface area contributed by atoms with Crippen molar-refractivity contribution in [3.63, 3.8) is 0 Å². The number of nitrogens with zero attached hydrogens (tertiary/aromatic N) is 3. The molecule has 1 aliphatic heterocycles. The van der Waals surface area contributed by atoms with E-state index in [1.165, 1.54) is 12.4 Å². The maximum atomic E-state index is 10.1. The first-order valence-electron chi connectivity index (χ1n) is 2.89. The summed E-state index contributed by atoms with van der Waals surface area (Å²) in [6.07, 6.45) is 7.52. The van der Waals surface area contributed by atoms with Gasteiger partial charge in [-0.05, 0) is 17.1 Å². The molecule has 5 nitrogen and oxygen atoms in total. The third kappa shape index (κ3) is 2.13. The molecule has 0 spiro atoms. The number of hydrogen-bond donors (Lipinski definition) is 0. The molecule has 0 amide bonds. The smallest absolute Gasteiger partial charge is 0.390 e. The fourth-order valence-electron chi connectivity index (χ4n) is 0.511. The summed E-state index contributed by atoms with van der Waals surface area (Å²) < 4.78 is 0. The predicted molar refractivity (Wildman–Crippen MR) is 41.2 cm³/mol. The van der Waals surface area contributed by atoms with E-state index in [0.29, 0.717) is 0 Å². The number of allylic oxidation sites excluding steroid dienone is 3. The molecule has 0 aromatic rings. The molecule has 5 heteroatoms. The van der Waals surface area contributed by atoms with E-state index >= 15 is 0 Å². The predicted octanol–water partition coefficient (Wildman–Crippen LogP) is 0.773. The van der Waals surface area contributed by atoms with Gasteiger partial charge in [-0.3, -0.25) is 0 Å². The molecular formula is C6H5N3O2. The second-order valence-electron chi connectivity index (χ2n) is 1.69. The van der Waals surface area contributed by atoms with Gasteiger partial charge in [0.05, 0.1) is 0 Å². The zero-order valence-corrected chi connectivity index (χ0v) is 5.54. The van der Waals surface area contributed by atoms with Crippen LogP contribution in [0.3, 0.4) is 0 Å². The third-order valence-corrected chi connectivity index (χ3v) is 0.938. The Kier molecular flexibility index (Phi) is 2.27. The number of aliphatic imine (C=N–C) groups is 2. The molecule has 0 fully saturated rings. The van der Waals surface area contributed by atoms with Gasteiger partial charge in [0.2, 0.25) is 0 Å². The minimum atomic E-state index is -0.639. The van der Waals surface area contributed by atoms with Crippen LogP contribution in [0.15, 0.2) is 34.4 Å². The van der Waals surface area contributed by atoms with Crippen LogP contribution in [0.1, 0.15) is 0 Å². The summed E-state index contributed by atoms with van der Waals surface area (Å²) in [6.45, 7) is 0. The Balaban J connectivity index is 2.87. The largest absolute Gasteiger partial charge is 0.468 e. The maximum absolute atomic E-state index is 10.1. The molecule has 0 aliphatic carbocycles. The lowest BCUT2D eigenvalue weighted by atomic mass is 10.5. The number of nitro groups is 1. The fourth-order valence-corrected chi connectivity index (χ4v) is 0.511. The quantitative estimate of drug-likeness (QED) is 0.379. The lowest BCUT2D eigenvalue weighted by molar-refractivity contribution is -0.351. The molecular weight excluding hydrogens is 146 g/mol. The van der Waals surface area contributed by atoms with Crippen LogP contribution in [0, 0.1) is 10.1 Å². The summed E-state index contributed by atoms with van der Waals surface area (Å²) in [6, 6.07) is 0. The molecule has 1 heterocycles. The first-order valence-corrected chi connectivity index (χ1v) is 2.89. The van der Waals surface area contributed by atoms with Gasteiger partial charge in [-0.15, -0.1) is 0 Å². The number of hydrogen-bond acceptors (Lipinski definition) is 4. The van der Waals surface area contributed by atoms with Crippen molar-refractivity contribution in [3.05, 3.63) is 34.5 Å². The first-order chi connectivity index (χ1) is 5.30.